The maximum Gasteiger partial charge on any atom is 0.344 e. The standard InChI is InChI=1S/C23H24N2O3/c1-16-8-7-11-19(12-16)15-28-23(26)22-17(2)25-21(24-3)13-20(22)27-14-18-9-5-4-6-10-18/h4-13H,14-15H2,1-3H3,(H,24,25). The van der Waals surface area contributed by atoms with Crippen LogP contribution in [0.15, 0.2) is 60.7 Å². The Kier molecular flexibility index (Phi) is 6.27. The fourth-order valence-electron chi connectivity index (χ4n) is 2.89. The highest BCUT2D eigenvalue weighted by Crippen LogP contribution is 2.27. The number of nitrogens with one attached hydrogen (secondary N) is 1. The van der Waals surface area contributed by atoms with E-state index in [9.17, 15) is 4.79 Å². The number of carbonyl (C=O) groups is 1. The van der Waals surface area contributed by atoms with E-state index < -0.39 is 5.97 Å². The van der Waals surface area contributed by atoms with Crippen LogP contribution in [0.2, 0.25) is 0 Å². The molecule has 0 aliphatic rings. The van der Waals surface area contributed by atoms with Crippen LogP contribution < -0.4 is 10.1 Å². The van der Waals surface area contributed by atoms with Gasteiger partial charge in [0.25, 0.3) is 0 Å². The number of aryl methyl sites for hydroxylation is 2. The molecule has 2 aromatic carbocycles. The molecule has 3 rings (SSSR count). The van der Waals surface area contributed by atoms with Crippen molar-refractivity contribution in [3.8, 4) is 5.75 Å². The summed E-state index contributed by atoms with van der Waals surface area (Å²) in [6, 6.07) is 19.4. The Balaban J connectivity index is 1.80. The number of nitrogens with zero attached hydrogens (tertiary/aromatic N) is 1. The molecule has 0 aliphatic heterocycles. The number of benzene rings is 2. The largest absolute Gasteiger partial charge is 0.488 e. The normalized spacial score (nSPS) is 10.4. The number of pyridine rings is 1. The van der Waals surface area contributed by atoms with Gasteiger partial charge < -0.3 is 14.8 Å². The van der Waals surface area contributed by atoms with Crippen molar-refractivity contribution >= 4 is 11.8 Å². The summed E-state index contributed by atoms with van der Waals surface area (Å²) in [5, 5.41) is 2.99. The molecule has 3 aromatic rings. The minimum atomic E-state index is -0.447. The minimum Gasteiger partial charge on any atom is -0.488 e. The van der Waals surface area contributed by atoms with Gasteiger partial charge in [-0.1, -0.05) is 60.2 Å². The quantitative estimate of drug-likeness (QED) is 0.607. The van der Waals surface area contributed by atoms with Crippen LogP contribution in [-0.2, 0) is 18.0 Å². The van der Waals surface area contributed by atoms with Gasteiger partial charge in [0, 0.05) is 13.1 Å². The zero-order valence-electron chi connectivity index (χ0n) is 16.4. The molecule has 0 amide bonds. The van der Waals surface area contributed by atoms with Crippen LogP contribution in [0.25, 0.3) is 0 Å². The van der Waals surface area contributed by atoms with Gasteiger partial charge in [0.1, 0.15) is 30.3 Å². The molecule has 0 radical (unpaired) electrons. The smallest absolute Gasteiger partial charge is 0.344 e. The van der Waals surface area contributed by atoms with Gasteiger partial charge in [-0.25, -0.2) is 9.78 Å². The third kappa shape index (κ3) is 4.88. The van der Waals surface area contributed by atoms with Crippen molar-refractivity contribution in [3.05, 3.63) is 88.6 Å². The molecule has 0 fully saturated rings. The number of rotatable bonds is 7. The summed E-state index contributed by atoms with van der Waals surface area (Å²) < 4.78 is 11.5. The first-order valence-electron chi connectivity index (χ1n) is 9.15. The van der Waals surface area contributed by atoms with E-state index >= 15 is 0 Å². The van der Waals surface area contributed by atoms with Crippen LogP contribution in [0.4, 0.5) is 5.82 Å². The second kappa shape index (κ2) is 9.04. The summed E-state index contributed by atoms with van der Waals surface area (Å²) in [6.45, 7) is 4.34. The molecule has 1 N–H and O–H groups in total. The summed E-state index contributed by atoms with van der Waals surface area (Å²) in [7, 11) is 1.78. The number of carbonyl (C=O) groups excluding carboxylic acids is 1. The van der Waals surface area contributed by atoms with Crippen LogP contribution in [0, 0.1) is 13.8 Å². The molecule has 0 spiro atoms. The SMILES string of the molecule is CNc1cc(OCc2ccccc2)c(C(=O)OCc2cccc(C)c2)c(C)n1. The van der Waals surface area contributed by atoms with Gasteiger partial charge in [-0.05, 0) is 25.0 Å². The van der Waals surface area contributed by atoms with Crippen LogP contribution in [0.3, 0.4) is 0 Å². The third-order valence-electron chi connectivity index (χ3n) is 4.31. The van der Waals surface area contributed by atoms with E-state index in [0.717, 1.165) is 16.7 Å². The topological polar surface area (TPSA) is 60.5 Å². The number of esters is 1. The van der Waals surface area contributed by atoms with Gasteiger partial charge in [-0.15, -0.1) is 0 Å². The highest BCUT2D eigenvalue weighted by molar-refractivity contribution is 5.94. The van der Waals surface area contributed by atoms with Gasteiger partial charge in [-0.3, -0.25) is 0 Å². The molecule has 0 aliphatic carbocycles. The predicted octanol–water partition coefficient (Wildman–Crippen LogP) is 4.68. The molecule has 0 atom stereocenters. The lowest BCUT2D eigenvalue weighted by atomic mass is 10.1. The molecular weight excluding hydrogens is 352 g/mol. The monoisotopic (exact) mass is 376 g/mol. The Labute approximate surface area is 165 Å². The van der Waals surface area contributed by atoms with Crippen molar-refractivity contribution in [2.24, 2.45) is 0 Å². The van der Waals surface area contributed by atoms with Crippen LogP contribution in [0.5, 0.6) is 5.75 Å². The Morgan fingerprint density at radius 1 is 0.964 bits per heavy atom. The highest BCUT2D eigenvalue weighted by atomic mass is 16.5. The van der Waals surface area contributed by atoms with E-state index in [0.29, 0.717) is 29.4 Å². The van der Waals surface area contributed by atoms with E-state index in [-0.39, 0.29) is 6.61 Å². The Morgan fingerprint density at radius 2 is 1.71 bits per heavy atom. The Morgan fingerprint density at radius 3 is 2.43 bits per heavy atom. The molecular formula is C23H24N2O3. The van der Waals surface area contributed by atoms with Crippen LogP contribution in [0.1, 0.15) is 32.7 Å². The summed E-state index contributed by atoms with van der Waals surface area (Å²) >= 11 is 0. The van der Waals surface area contributed by atoms with Crippen molar-refractivity contribution in [2.75, 3.05) is 12.4 Å². The molecule has 0 saturated carbocycles. The minimum absolute atomic E-state index is 0.200. The third-order valence-corrected chi connectivity index (χ3v) is 4.31. The fraction of sp³-hybridized carbons (Fsp3) is 0.217. The van der Waals surface area contributed by atoms with Gasteiger partial charge in [0.2, 0.25) is 0 Å². The molecule has 0 unspecified atom stereocenters. The van der Waals surface area contributed by atoms with Gasteiger partial charge in [-0.2, -0.15) is 0 Å². The summed E-state index contributed by atoms with van der Waals surface area (Å²) in [6.07, 6.45) is 0. The maximum absolute atomic E-state index is 12.8. The highest BCUT2D eigenvalue weighted by Gasteiger charge is 2.20. The molecule has 0 bridgehead atoms. The lowest BCUT2D eigenvalue weighted by molar-refractivity contribution is 0.0466. The maximum atomic E-state index is 12.8. The molecule has 0 saturated heterocycles. The fourth-order valence-corrected chi connectivity index (χ4v) is 2.89. The van der Waals surface area contributed by atoms with Crippen molar-refractivity contribution in [1.82, 2.24) is 4.98 Å². The number of aromatic nitrogens is 1. The van der Waals surface area contributed by atoms with E-state index in [2.05, 4.69) is 10.3 Å². The van der Waals surface area contributed by atoms with Crippen molar-refractivity contribution < 1.29 is 14.3 Å². The van der Waals surface area contributed by atoms with Crippen LogP contribution >= 0.6 is 0 Å². The zero-order valence-corrected chi connectivity index (χ0v) is 16.4. The Bertz CT molecular complexity index is 955. The van der Waals surface area contributed by atoms with Gasteiger partial charge in [0.15, 0.2) is 0 Å². The first kappa shape index (κ1) is 19.4. The molecule has 1 aromatic heterocycles. The second-order valence-corrected chi connectivity index (χ2v) is 6.56. The van der Waals surface area contributed by atoms with E-state index in [1.165, 1.54) is 0 Å². The Hall–Kier alpha value is -3.34. The number of hydrogen-bond donors (Lipinski definition) is 1. The second-order valence-electron chi connectivity index (χ2n) is 6.56. The van der Waals surface area contributed by atoms with E-state index in [1.807, 2.05) is 61.5 Å². The summed E-state index contributed by atoms with van der Waals surface area (Å²) in [5.41, 5.74) is 3.99. The number of anilines is 1. The zero-order chi connectivity index (χ0) is 19.9. The van der Waals surface area contributed by atoms with Crippen molar-refractivity contribution in [1.29, 1.82) is 0 Å². The molecule has 1 heterocycles. The molecule has 28 heavy (non-hydrogen) atoms. The lowest BCUT2D eigenvalue weighted by Gasteiger charge is -2.15. The van der Waals surface area contributed by atoms with Gasteiger partial charge in [0.05, 0.1) is 5.69 Å². The van der Waals surface area contributed by atoms with Crippen molar-refractivity contribution in [3.63, 3.8) is 0 Å². The molecule has 5 heteroatoms. The van der Waals surface area contributed by atoms with E-state index in [1.54, 1.807) is 20.0 Å². The molecule has 144 valence electrons. The first-order valence-corrected chi connectivity index (χ1v) is 9.15. The average molecular weight is 376 g/mol. The van der Waals surface area contributed by atoms with Gasteiger partial charge >= 0.3 is 5.97 Å². The summed E-state index contributed by atoms with van der Waals surface area (Å²) in [4.78, 5) is 17.2. The predicted molar refractivity (Wildman–Crippen MR) is 110 cm³/mol. The number of ether oxygens (including phenoxy) is 2. The number of hydrogen-bond acceptors (Lipinski definition) is 5. The van der Waals surface area contributed by atoms with Crippen molar-refractivity contribution in [2.45, 2.75) is 27.1 Å². The van der Waals surface area contributed by atoms with Crippen LogP contribution in [-0.4, -0.2) is 18.0 Å². The average Bonchev–Trinajstić information content (AvgIpc) is 2.71. The van der Waals surface area contributed by atoms with E-state index in [4.69, 9.17) is 9.47 Å². The summed E-state index contributed by atoms with van der Waals surface area (Å²) in [5.74, 6) is 0.642. The molecule has 5 nitrogen and oxygen atoms in total. The lowest BCUT2D eigenvalue weighted by Crippen LogP contribution is -2.12. The first-order chi connectivity index (χ1) is 13.6.